The highest BCUT2D eigenvalue weighted by molar-refractivity contribution is 7.98. The van der Waals surface area contributed by atoms with Crippen LogP contribution in [-0.4, -0.2) is 25.3 Å². The van der Waals surface area contributed by atoms with E-state index in [0.717, 1.165) is 30.3 Å². The Morgan fingerprint density at radius 3 is 3.07 bits per heavy atom. The van der Waals surface area contributed by atoms with Crippen LogP contribution in [0.4, 0.5) is 0 Å². The molecule has 1 aliphatic heterocycles. The third kappa shape index (κ3) is 2.79. The molecule has 0 spiro atoms. The minimum atomic E-state index is 0.346. The van der Waals surface area contributed by atoms with E-state index in [1.807, 2.05) is 23.9 Å². The number of hydrogen-bond acceptors (Lipinski definition) is 4. The van der Waals surface area contributed by atoms with E-state index in [2.05, 4.69) is 17.6 Å². The lowest BCUT2D eigenvalue weighted by Gasteiger charge is -2.04. The van der Waals surface area contributed by atoms with Gasteiger partial charge < -0.3 is 14.8 Å². The molecule has 0 unspecified atom stereocenters. The van der Waals surface area contributed by atoms with Crippen LogP contribution in [0.25, 0.3) is 0 Å². The van der Waals surface area contributed by atoms with Gasteiger partial charge in [0.25, 0.3) is 0 Å². The second kappa shape index (κ2) is 5.28. The predicted octanol–water partition coefficient (Wildman–Crippen LogP) is 1.87. The summed E-state index contributed by atoms with van der Waals surface area (Å²) in [5.74, 6) is 2.85. The molecular formula is C11H15NO2S. The molecule has 0 amide bonds. The third-order valence-corrected chi connectivity index (χ3v) is 2.86. The van der Waals surface area contributed by atoms with Crippen LogP contribution in [0.2, 0.25) is 0 Å². The van der Waals surface area contributed by atoms with Crippen LogP contribution in [0.15, 0.2) is 18.2 Å². The smallest absolute Gasteiger partial charge is 0.231 e. The van der Waals surface area contributed by atoms with Crippen LogP contribution < -0.4 is 14.8 Å². The molecule has 0 atom stereocenters. The summed E-state index contributed by atoms with van der Waals surface area (Å²) in [6, 6.07) is 6.07. The van der Waals surface area contributed by atoms with Crippen molar-refractivity contribution in [1.29, 1.82) is 0 Å². The molecule has 0 bridgehead atoms. The van der Waals surface area contributed by atoms with Crippen LogP contribution in [0.5, 0.6) is 11.5 Å². The molecule has 4 heteroatoms. The molecule has 1 aromatic rings. The third-order valence-electron chi connectivity index (χ3n) is 2.25. The molecule has 0 aromatic heterocycles. The van der Waals surface area contributed by atoms with Gasteiger partial charge in [0.15, 0.2) is 11.5 Å². The summed E-state index contributed by atoms with van der Waals surface area (Å²) in [7, 11) is 0. The van der Waals surface area contributed by atoms with Gasteiger partial charge in [0, 0.05) is 18.8 Å². The van der Waals surface area contributed by atoms with Gasteiger partial charge in [-0.25, -0.2) is 0 Å². The summed E-state index contributed by atoms with van der Waals surface area (Å²) in [5, 5.41) is 3.38. The number of thioether (sulfide) groups is 1. The maximum atomic E-state index is 5.31. The molecule has 1 aromatic carbocycles. The van der Waals surface area contributed by atoms with E-state index in [9.17, 15) is 0 Å². The molecule has 15 heavy (non-hydrogen) atoms. The zero-order chi connectivity index (χ0) is 10.5. The summed E-state index contributed by atoms with van der Waals surface area (Å²) in [5.41, 5.74) is 1.24. The lowest BCUT2D eigenvalue weighted by Crippen LogP contribution is -2.16. The van der Waals surface area contributed by atoms with Crippen molar-refractivity contribution in [2.24, 2.45) is 0 Å². The number of fused-ring (bicyclic) bond motifs is 1. The second-order valence-electron chi connectivity index (χ2n) is 3.36. The second-order valence-corrected chi connectivity index (χ2v) is 4.34. The molecule has 1 heterocycles. The van der Waals surface area contributed by atoms with E-state index >= 15 is 0 Å². The first kappa shape index (κ1) is 10.6. The van der Waals surface area contributed by atoms with Crippen molar-refractivity contribution in [3.8, 4) is 11.5 Å². The van der Waals surface area contributed by atoms with Crippen LogP contribution in [-0.2, 0) is 6.54 Å². The van der Waals surface area contributed by atoms with E-state index in [-0.39, 0.29) is 0 Å². The first-order valence-corrected chi connectivity index (χ1v) is 6.38. The Morgan fingerprint density at radius 2 is 2.20 bits per heavy atom. The van der Waals surface area contributed by atoms with Gasteiger partial charge >= 0.3 is 0 Å². The first-order valence-electron chi connectivity index (χ1n) is 4.98. The van der Waals surface area contributed by atoms with E-state index in [0.29, 0.717) is 6.79 Å². The molecule has 0 saturated carbocycles. The maximum absolute atomic E-state index is 5.31. The van der Waals surface area contributed by atoms with Crippen LogP contribution in [0.1, 0.15) is 5.56 Å². The largest absolute Gasteiger partial charge is 0.454 e. The van der Waals surface area contributed by atoms with Gasteiger partial charge in [0.05, 0.1) is 0 Å². The van der Waals surface area contributed by atoms with E-state index in [1.165, 1.54) is 5.56 Å². The Hall–Kier alpha value is -0.870. The molecule has 0 saturated heterocycles. The summed E-state index contributed by atoms with van der Waals surface area (Å²) in [6.45, 7) is 2.27. The highest BCUT2D eigenvalue weighted by atomic mass is 32.2. The number of benzene rings is 1. The molecule has 0 aliphatic carbocycles. The highest BCUT2D eigenvalue weighted by Gasteiger charge is 2.12. The fourth-order valence-corrected chi connectivity index (χ4v) is 1.81. The summed E-state index contributed by atoms with van der Waals surface area (Å²) >= 11 is 1.85. The summed E-state index contributed by atoms with van der Waals surface area (Å²) in [4.78, 5) is 0. The van der Waals surface area contributed by atoms with Crippen molar-refractivity contribution in [1.82, 2.24) is 5.32 Å². The van der Waals surface area contributed by atoms with Gasteiger partial charge in [-0.2, -0.15) is 11.8 Å². The van der Waals surface area contributed by atoms with Crippen LogP contribution in [0.3, 0.4) is 0 Å². The van der Waals surface area contributed by atoms with Crippen molar-refractivity contribution >= 4 is 11.8 Å². The van der Waals surface area contributed by atoms with Gasteiger partial charge in [0.1, 0.15) is 0 Å². The predicted molar refractivity (Wildman–Crippen MR) is 62.7 cm³/mol. The quantitative estimate of drug-likeness (QED) is 0.775. The molecular weight excluding hydrogens is 210 g/mol. The SMILES string of the molecule is CSCCNCc1ccc2c(c1)OCO2. The monoisotopic (exact) mass is 225 g/mol. The Kier molecular flexibility index (Phi) is 3.75. The van der Waals surface area contributed by atoms with Crippen molar-refractivity contribution < 1.29 is 9.47 Å². The molecule has 1 N–H and O–H groups in total. The summed E-state index contributed by atoms with van der Waals surface area (Å²) < 4.78 is 10.6. The van der Waals surface area contributed by atoms with Gasteiger partial charge in [0.2, 0.25) is 6.79 Å². The number of nitrogens with one attached hydrogen (secondary N) is 1. The van der Waals surface area contributed by atoms with E-state index in [4.69, 9.17) is 9.47 Å². The summed E-state index contributed by atoms with van der Waals surface area (Å²) in [6.07, 6.45) is 2.11. The lowest BCUT2D eigenvalue weighted by atomic mass is 10.2. The zero-order valence-electron chi connectivity index (χ0n) is 8.79. The van der Waals surface area contributed by atoms with Crippen LogP contribution in [0, 0.1) is 0 Å². The Morgan fingerprint density at radius 1 is 1.33 bits per heavy atom. The molecule has 1 aliphatic rings. The van der Waals surface area contributed by atoms with Crippen molar-refractivity contribution in [2.75, 3.05) is 25.3 Å². The number of ether oxygens (including phenoxy) is 2. The minimum absolute atomic E-state index is 0.346. The maximum Gasteiger partial charge on any atom is 0.231 e. The molecule has 82 valence electrons. The van der Waals surface area contributed by atoms with E-state index < -0.39 is 0 Å². The van der Waals surface area contributed by atoms with Crippen molar-refractivity contribution in [3.05, 3.63) is 23.8 Å². The van der Waals surface area contributed by atoms with Gasteiger partial charge in [-0.05, 0) is 24.0 Å². The average Bonchev–Trinajstić information content (AvgIpc) is 2.71. The minimum Gasteiger partial charge on any atom is -0.454 e. The normalized spacial score (nSPS) is 13.1. The Bertz CT molecular complexity index is 330. The Labute approximate surface area is 94.2 Å². The Balaban J connectivity index is 1.87. The van der Waals surface area contributed by atoms with Crippen LogP contribution >= 0.6 is 11.8 Å². The van der Waals surface area contributed by atoms with Crippen molar-refractivity contribution in [3.63, 3.8) is 0 Å². The fourth-order valence-electron chi connectivity index (χ4n) is 1.46. The number of hydrogen-bond donors (Lipinski definition) is 1. The molecule has 3 nitrogen and oxygen atoms in total. The lowest BCUT2D eigenvalue weighted by molar-refractivity contribution is 0.174. The zero-order valence-corrected chi connectivity index (χ0v) is 9.60. The fraction of sp³-hybridized carbons (Fsp3) is 0.455. The average molecular weight is 225 g/mol. The standard InChI is InChI=1S/C11H15NO2S/c1-15-5-4-12-7-9-2-3-10-11(6-9)14-8-13-10/h2-3,6,12H,4-5,7-8H2,1H3. The molecule has 0 fully saturated rings. The topological polar surface area (TPSA) is 30.5 Å². The van der Waals surface area contributed by atoms with Crippen molar-refractivity contribution in [2.45, 2.75) is 6.54 Å². The van der Waals surface area contributed by atoms with Gasteiger partial charge in [-0.15, -0.1) is 0 Å². The van der Waals surface area contributed by atoms with E-state index in [1.54, 1.807) is 0 Å². The highest BCUT2D eigenvalue weighted by Crippen LogP contribution is 2.32. The molecule has 2 rings (SSSR count). The molecule has 0 radical (unpaired) electrons. The van der Waals surface area contributed by atoms with Gasteiger partial charge in [-0.3, -0.25) is 0 Å². The first-order chi connectivity index (χ1) is 7.40. The number of rotatable bonds is 5. The van der Waals surface area contributed by atoms with Gasteiger partial charge in [-0.1, -0.05) is 6.07 Å².